The lowest BCUT2D eigenvalue weighted by Crippen LogP contribution is -2.38. The first-order valence-electron chi connectivity index (χ1n) is 5.73. The molecule has 0 aliphatic carbocycles. The summed E-state index contributed by atoms with van der Waals surface area (Å²) in [5.41, 5.74) is 0. The van der Waals surface area contributed by atoms with Crippen LogP contribution in [0.2, 0.25) is 0 Å². The van der Waals surface area contributed by atoms with Gasteiger partial charge < -0.3 is 9.64 Å². The van der Waals surface area contributed by atoms with Crippen molar-refractivity contribution in [3.8, 4) is 0 Å². The van der Waals surface area contributed by atoms with Crippen LogP contribution in [0, 0.1) is 11.8 Å². The first-order valence-corrected chi connectivity index (χ1v) is 6.27. The number of halogens is 1. The average molecular weight is 232 g/mol. The zero-order valence-electron chi connectivity index (χ0n) is 8.95. The smallest absolute Gasteiger partial charge is 0.228 e. The van der Waals surface area contributed by atoms with Crippen molar-refractivity contribution in [2.75, 3.05) is 32.2 Å². The molecule has 86 valence electrons. The van der Waals surface area contributed by atoms with Crippen LogP contribution in [0.25, 0.3) is 0 Å². The molecule has 2 unspecified atom stereocenters. The van der Waals surface area contributed by atoms with Gasteiger partial charge in [0.05, 0.1) is 12.5 Å². The lowest BCUT2D eigenvalue weighted by molar-refractivity contribution is -0.138. The zero-order valence-corrected chi connectivity index (χ0v) is 9.71. The Balaban J connectivity index is 1.85. The molecule has 2 aliphatic rings. The molecule has 2 heterocycles. The Bertz CT molecular complexity index is 229. The summed E-state index contributed by atoms with van der Waals surface area (Å²) in [6.07, 6.45) is 3.06. The van der Waals surface area contributed by atoms with E-state index in [1.54, 1.807) is 0 Å². The molecule has 2 aliphatic heterocycles. The summed E-state index contributed by atoms with van der Waals surface area (Å²) in [6, 6.07) is 0. The number of carbonyl (C=O) groups excluding carboxylic acids is 1. The lowest BCUT2D eigenvalue weighted by atomic mass is 10.0. The normalized spacial score (nSPS) is 31.9. The van der Waals surface area contributed by atoms with Crippen LogP contribution in [0.15, 0.2) is 0 Å². The fraction of sp³-hybridized carbons (Fsp3) is 0.909. The Kier molecular flexibility index (Phi) is 3.87. The summed E-state index contributed by atoms with van der Waals surface area (Å²) in [5.74, 6) is 1.56. The monoisotopic (exact) mass is 231 g/mol. The van der Waals surface area contributed by atoms with Crippen molar-refractivity contribution in [3.63, 3.8) is 0 Å². The number of ether oxygens (including phenoxy) is 1. The second-order valence-electron chi connectivity index (χ2n) is 4.51. The molecule has 0 aromatic carbocycles. The van der Waals surface area contributed by atoms with Crippen molar-refractivity contribution in [1.82, 2.24) is 4.90 Å². The minimum atomic E-state index is 0.104. The Morgan fingerprint density at radius 1 is 1.47 bits per heavy atom. The third kappa shape index (κ3) is 2.64. The van der Waals surface area contributed by atoms with E-state index in [0.717, 1.165) is 39.0 Å². The van der Waals surface area contributed by atoms with E-state index in [9.17, 15) is 4.79 Å². The van der Waals surface area contributed by atoms with Crippen LogP contribution in [-0.2, 0) is 9.53 Å². The molecular weight excluding hydrogens is 214 g/mol. The summed E-state index contributed by atoms with van der Waals surface area (Å²) in [6.45, 7) is 3.15. The SMILES string of the molecule is O=C(C1CCCOC1)N1CCC(CCl)C1. The molecule has 0 bridgehead atoms. The highest BCUT2D eigenvalue weighted by molar-refractivity contribution is 6.18. The van der Waals surface area contributed by atoms with Crippen molar-refractivity contribution in [2.45, 2.75) is 19.3 Å². The van der Waals surface area contributed by atoms with Crippen molar-refractivity contribution in [3.05, 3.63) is 0 Å². The minimum Gasteiger partial charge on any atom is -0.381 e. The number of hydrogen-bond acceptors (Lipinski definition) is 2. The van der Waals surface area contributed by atoms with Gasteiger partial charge >= 0.3 is 0 Å². The van der Waals surface area contributed by atoms with Gasteiger partial charge in [-0.05, 0) is 25.2 Å². The third-order valence-electron chi connectivity index (χ3n) is 3.33. The van der Waals surface area contributed by atoms with Crippen molar-refractivity contribution in [1.29, 1.82) is 0 Å². The predicted molar refractivity (Wildman–Crippen MR) is 59.0 cm³/mol. The second-order valence-corrected chi connectivity index (χ2v) is 4.82. The summed E-state index contributed by atoms with van der Waals surface area (Å²) < 4.78 is 5.34. The molecule has 0 spiro atoms. The molecule has 2 atom stereocenters. The summed E-state index contributed by atoms with van der Waals surface area (Å²) in [4.78, 5) is 14.0. The topological polar surface area (TPSA) is 29.5 Å². The highest BCUT2D eigenvalue weighted by atomic mass is 35.5. The number of amides is 1. The van der Waals surface area contributed by atoms with Gasteiger partial charge in [0.15, 0.2) is 0 Å². The number of likely N-dealkylation sites (tertiary alicyclic amines) is 1. The fourth-order valence-corrected chi connectivity index (χ4v) is 2.60. The largest absolute Gasteiger partial charge is 0.381 e. The Hall–Kier alpha value is -0.280. The number of alkyl halides is 1. The predicted octanol–water partition coefficient (Wildman–Crippen LogP) is 1.50. The molecule has 4 heteroatoms. The molecule has 0 radical (unpaired) electrons. The minimum absolute atomic E-state index is 0.104. The van der Waals surface area contributed by atoms with E-state index in [4.69, 9.17) is 16.3 Å². The summed E-state index contributed by atoms with van der Waals surface area (Å²) >= 11 is 5.80. The van der Waals surface area contributed by atoms with E-state index in [2.05, 4.69) is 0 Å². The van der Waals surface area contributed by atoms with Crippen LogP contribution in [0.5, 0.6) is 0 Å². The Morgan fingerprint density at radius 3 is 2.93 bits per heavy atom. The van der Waals surface area contributed by atoms with Crippen molar-refractivity contribution >= 4 is 17.5 Å². The molecule has 0 aromatic heterocycles. The standard InChI is InChI=1S/C11H18ClNO2/c12-6-9-3-4-13(7-9)11(14)10-2-1-5-15-8-10/h9-10H,1-8H2. The number of rotatable bonds is 2. The third-order valence-corrected chi connectivity index (χ3v) is 3.76. The number of hydrogen-bond donors (Lipinski definition) is 0. The van der Waals surface area contributed by atoms with Crippen LogP contribution in [0.1, 0.15) is 19.3 Å². The van der Waals surface area contributed by atoms with Crippen LogP contribution in [0.4, 0.5) is 0 Å². The molecule has 0 saturated carbocycles. The number of nitrogens with zero attached hydrogens (tertiary/aromatic N) is 1. The molecule has 0 aromatic rings. The van der Waals surface area contributed by atoms with Crippen LogP contribution in [0.3, 0.4) is 0 Å². The van der Waals surface area contributed by atoms with Crippen LogP contribution >= 0.6 is 11.6 Å². The van der Waals surface area contributed by atoms with Crippen molar-refractivity contribution in [2.24, 2.45) is 11.8 Å². The van der Waals surface area contributed by atoms with Gasteiger partial charge in [0.25, 0.3) is 0 Å². The maximum absolute atomic E-state index is 12.1. The van der Waals surface area contributed by atoms with E-state index >= 15 is 0 Å². The zero-order chi connectivity index (χ0) is 10.7. The first kappa shape index (κ1) is 11.2. The van der Waals surface area contributed by atoms with Gasteiger partial charge in [-0.1, -0.05) is 0 Å². The Morgan fingerprint density at radius 2 is 2.33 bits per heavy atom. The van der Waals surface area contributed by atoms with Gasteiger partial charge in [0.1, 0.15) is 0 Å². The van der Waals surface area contributed by atoms with E-state index in [-0.39, 0.29) is 11.8 Å². The second kappa shape index (κ2) is 5.17. The van der Waals surface area contributed by atoms with Gasteiger partial charge in [-0.25, -0.2) is 0 Å². The molecule has 15 heavy (non-hydrogen) atoms. The highest BCUT2D eigenvalue weighted by Gasteiger charge is 2.31. The molecule has 2 saturated heterocycles. The first-order chi connectivity index (χ1) is 7.31. The fourth-order valence-electron chi connectivity index (χ4n) is 2.35. The van der Waals surface area contributed by atoms with E-state index < -0.39 is 0 Å². The molecule has 3 nitrogen and oxygen atoms in total. The van der Waals surface area contributed by atoms with E-state index in [1.165, 1.54) is 0 Å². The van der Waals surface area contributed by atoms with E-state index in [1.807, 2.05) is 4.90 Å². The van der Waals surface area contributed by atoms with Crippen molar-refractivity contribution < 1.29 is 9.53 Å². The summed E-state index contributed by atoms with van der Waals surface area (Å²) in [7, 11) is 0. The van der Waals surface area contributed by atoms with Crippen LogP contribution in [-0.4, -0.2) is 43.0 Å². The molecule has 2 fully saturated rings. The quantitative estimate of drug-likeness (QED) is 0.675. The van der Waals surface area contributed by atoms with Gasteiger partial charge in [-0.3, -0.25) is 4.79 Å². The molecular formula is C11H18ClNO2. The lowest BCUT2D eigenvalue weighted by Gasteiger charge is -2.26. The van der Waals surface area contributed by atoms with E-state index in [0.29, 0.717) is 18.4 Å². The maximum Gasteiger partial charge on any atom is 0.228 e. The molecule has 0 N–H and O–H groups in total. The Labute approximate surface area is 95.7 Å². The van der Waals surface area contributed by atoms with Gasteiger partial charge in [-0.15, -0.1) is 11.6 Å². The van der Waals surface area contributed by atoms with Gasteiger partial charge in [-0.2, -0.15) is 0 Å². The van der Waals surface area contributed by atoms with Crippen LogP contribution < -0.4 is 0 Å². The molecule has 2 rings (SSSR count). The number of carbonyl (C=O) groups is 1. The maximum atomic E-state index is 12.1. The summed E-state index contributed by atoms with van der Waals surface area (Å²) in [5, 5.41) is 0. The highest BCUT2D eigenvalue weighted by Crippen LogP contribution is 2.22. The average Bonchev–Trinajstić information content (AvgIpc) is 2.78. The molecule has 1 amide bonds. The van der Waals surface area contributed by atoms with Gasteiger partial charge in [0.2, 0.25) is 5.91 Å². The van der Waals surface area contributed by atoms with Gasteiger partial charge in [0, 0.05) is 25.6 Å².